The molecule has 4 rings (SSSR count). The Labute approximate surface area is 108 Å². The maximum absolute atomic E-state index is 11.0. The zero-order valence-electron chi connectivity index (χ0n) is 11.0. The Balaban J connectivity index is 1.62. The lowest BCUT2D eigenvalue weighted by Gasteiger charge is -2.54. The molecule has 0 spiro atoms. The van der Waals surface area contributed by atoms with Gasteiger partial charge in [0.05, 0.1) is 18.3 Å². The molecule has 0 aromatic carbocycles. The average molecular weight is 250 g/mol. The first-order chi connectivity index (χ1) is 8.67. The lowest BCUT2D eigenvalue weighted by molar-refractivity contribution is -0.138. The molecular formula is C15H22O3. The van der Waals surface area contributed by atoms with Gasteiger partial charge < -0.3 is 9.84 Å². The number of carboxylic acids is 1. The van der Waals surface area contributed by atoms with Gasteiger partial charge in [0, 0.05) is 0 Å². The zero-order valence-corrected chi connectivity index (χ0v) is 11.0. The Kier molecular flexibility index (Phi) is 3.18. The van der Waals surface area contributed by atoms with Gasteiger partial charge in [-0.2, -0.15) is 0 Å². The highest BCUT2D eigenvalue weighted by molar-refractivity contribution is 5.86. The van der Waals surface area contributed by atoms with Crippen molar-refractivity contribution in [2.75, 3.05) is 6.61 Å². The van der Waals surface area contributed by atoms with Crippen LogP contribution in [0.5, 0.6) is 0 Å². The van der Waals surface area contributed by atoms with E-state index in [1.807, 2.05) is 0 Å². The normalized spacial score (nSPS) is 42.3. The first kappa shape index (κ1) is 12.2. The summed E-state index contributed by atoms with van der Waals surface area (Å²) in [5, 5.41) is 9.01. The highest BCUT2D eigenvalue weighted by Crippen LogP contribution is 2.54. The van der Waals surface area contributed by atoms with Crippen molar-refractivity contribution in [3.8, 4) is 0 Å². The standard InChI is InChI=1S/C15H22O3/c1-2-11(15(16)17)8-18-14-12-4-9-3-10(6-12)7-13(14)5-9/h2,9-10,12-14H,3-8H2,1H3,(H,16,17)/b11-2+. The van der Waals surface area contributed by atoms with Crippen LogP contribution in [-0.2, 0) is 9.53 Å². The minimum Gasteiger partial charge on any atom is -0.478 e. The monoisotopic (exact) mass is 250 g/mol. The Morgan fingerprint density at radius 1 is 1.17 bits per heavy atom. The van der Waals surface area contributed by atoms with E-state index >= 15 is 0 Å². The minimum atomic E-state index is -0.846. The fraction of sp³-hybridized carbons (Fsp3) is 0.800. The van der Waals surface area contributed by atoms with Gasteiger partial charge >= 0.3 is 5.97 Å². The summed E-state index contributed by atoms with van der Waals surface area (Å²) in [5.41, 5.74) is 0.392. The van der Waals surface area contributed by atoms with E-state index in [9.17, 15) is 4.79 Å². The molecule has 0 radical (unpaired) electrons. The smallest absolute Gasteiger partial charge is 0.333 e. The topological polar surface area (TPSA) is 46.5 Å². The summed E-state index contributed by atoms with van der Waals surface area (Å²) in [4.78, 5) is 11.0. The maximum Gasteiger partial charge on any atom is 0.333 e. The van der Waals surface area contributed by atoms with Crippen molar-refractivity contribution in [3.05, 3.63) is 11.6 Å². The second-order valence-corrected chi connectivity index (χ2v) is 6.33. The molecular weight excluding hydrogens is 228 g/mol. The number of hydrogen-bond donors (Lipinski definition) is 1. The second-order valence-electron chi connectivity index (χ2n) is 6.33. The number of aliphatic carboxylic acids is 1. The van der Waals surface area contributed by atoms with Crippen molar-refractivity contribution in [1.29, 1.82) is 0 Å². The molecule has 0 atom stereocenters. The van der Waals surface area contributed by atoms with Crippen LogP contribution in [0.3, 0.4) is 0 Å². The maximum atomic E-state index is 11.0. The van der Waals surface area contributed by atoms with Gasteiger partial charge in [-0.1, -0.05) is 6.08 Å². The van der Waals surface area contributed by atoms with E-state index < -0.39 is 5.97 Å². The van der Waals surface area contributed by atoms with Crippen molar-refractivity contribution in [2.45, 2.75) is 45.1 Å². The number of ether oxygens (including phenoxy) is 1. The van der Waals surface area contributed by atoms with Gasteiger partial charge in [-0.25, -0.2) is 4.79 Å². The van der Waals surface area contributed by atoms with E-state index in [0.29, 0.717) is 23.5 Å². The van der Waals surface area contributed by atoms with Crippen molar-refractivity contribution in [1.82, 2.24) is 0 Å². The average Bonchev–Trinajstić information content (AvgIpc) is 2.31. The summed E-state index contributed by atoms with van der Waals surface area (Å²) < 4.78 is 5.98. The quantitative estimate of drug-likeness (QED) is 0.780. The van der Waals surface area contributed by atoms with Crippen molar-refractivity contribution in [2.24, 2.45) is 23.7 Å². The number of carboxylic acid groups (broad SMARTS) is 1. The third kappa shape index (κ3) is 2.09. The second kappa shape index (κ2) is 4.69. The molecule has 4 fully saturated rings. The van der Waals surface area contributed by atoms with Crippen LogP contribution in [0, 0.1) is 23.7 Å². The van der Waals surface area contributed by atoms with Crippen LogP contribution in [-0.4, -0.2) is 23.8 Å². The van der Waals surface area contributed by atoms with Crippen LogP contribution in [0.25, 0.3) is 0 Å². The highest BCUT2D eigenvalue weighted by Gasteiger charge is 2.48. The van der Waals surface area contributed by atoms with Crippen LogP contribution >= 0.6 is 0 Å². The summed E-state index contributed by atoms with van der Waals surface area (Å²) >= 11 is 0. The third-order valence-electron chi connectivity index (χ3n) is 5.19. The molecule has 0 amide bonds. The summed E-state index contributed by atoms with van der Waals surface area (Å²) in [6, 6.07) is 0. The lowest BCUT2D eigenvalue weighted by Crippen LogP contribution is -2.49. The van der Waals surface area contributed by atoms with Crippen molar-refractivity contribution >= 4 is 5.97 Å². The number of hydrogen-bond acceptors (Lipinski definition) is 2. The van der Waals surface area contributed by atoms with Crippen molar-refractivity contribution in [3.63, 3.8) is 0 Å². The Morgan fingerprint density at radius 2 is 1.72 bits per heavy atom. The van der Waals surface area contributed by atoms with Crippen LogP contribution in [0.2, 0.25) is 0 Å². The Morgan fingerprint density at radius 3 is 2.17 bits per heavy atom. The minimum absolute atomic E-state index is 0.277. The zero-order chi connectivity index (χ0) is 12.7. The predicted octanol–water partition coefficient (Wildman–Crippen LogP) is 2.86. The molecule has 3 nitrogen and oxygen atoms in total. The number of rotatable bonds is 4. The summed E-state index contributed by atoms with van der Waals surface area (Å²) in [5.74, 6) is 2.43. The van der Waals surface area contributed by atoms with Crippen molar-refractivity contribution < 1.29 is 14.6 Å². The van der Waals surface area contributed by atoms with Gasteiger partial charge in [-0.05, 0) is 62.7 Å². The van der Waals surface area contributed by atoms with Gasteiger partial charge in [0.25, 0.3) is 0 Å². The molecule has 3 heteroatoms. The molecule has 0 aromatic heterocycles. The molecule has 4 bridgehead atoms. The van der Waals surface area contributed by atoms with Crippen LogP contribution in [0.15, 0.2) is 11.6 Å². The molecule has 0 saturated heterocycles. The first-order valence-electron chi connectivity index (χ1n) is 7.17. The number of allylic oxidation sites excluding steroid dienone is 1. The van der Waals surface area contributed by atoms with Gasteiger partial charge in [-0.15, -0.1) is 0 Å². The Hall–Kier alpha value is -0.830. The van der Waals surface area contributed by atoms with Crippen LogP contribution in [0.1, 0.15) is 39.0 Å². The van der Waals surface area contributed by atoms with Gasteiger partial charge in [0.15, 0.2) is 0 Å². The highest BCUT2D eigenvalue weighted by atomic mass is 16.5. The fourth-order valence-electron chi connectivity index (χ4n) is 4.60. The molecule has 0 aliphatic heterocycles. The molecule has 1 N–H and O–H groups in total. The molecule has 4 aliphatic rings. The summed E-state index contributed by atoms with van der Waals surface area (Å²) in [7, 11) is 0. The molecule has 100 valence electrons. The summed E-state index contributed by atoms with van der Waals surface area (Å²) in [6.07, 6.45) is 8.68. The number of carbonyl (C=O) groups is 1. The van der Waals surface area contributed by atoms with E-state index in [-0.39, 0.29) is 6.61 Å². The first-order valence-corrected chi connectivity index (χ1v) is 7.17. The molecule has 18 heavy (non-hydrogen) atoms. The lowest BCUT2D eigenvalue weighted by atomic mass is 9.55. The SMILES string of the molecule is C/C=C(\COC1C2CC3CC(C2)CC1C3)C(=O)O. The predicted molar refractivity (Wildman–Crippen MR) is 68.2 cm³/mol. The molecule has 0 heterocycles. The van der Waals surface area contributed by atoms with E-state index in [4.69, 9.17) is 9.84 Å². The van der Waals surface area contributed by atoms with Gasteiger partial charge in [0.2, 0.25) is 0 Å². The van der Waals surface area contributed by atoms with Gasteiger partial charge in [0.1, 0.15) is 0 Å². The van der Waals surface area contributed by atoms with E-state index in [2.05, 4.69) is 0 Å². The molecule has 0 aromatic rings. The molecule has 4 saturated carbocycles. The van der Waals surface area contributed by atoms with E-state index in [1.54, 1.807) is 13.0 Å². The fourth-order valence-corrected chi connectivity index (χ4v) is 4.60. The summed E-state index contributed by atoms with van der Waals surface area (Å²) in [6.45, 7) is 2.04. The van der Waals surface area contributed by atoms with E-state index in [0.717, 1.165) is 11.8 Å². The van der Waals surface area contributed by atoms with E-state index in [1.165, 1.54) is 32.1 Å². The van der Waals surface area contributed by atoms with Crippen LogP contribution in [0.4, 0.5) is 0 Å². The Bertz CT molecular complexity index is 344. The molecule has 0 unspecified atom stereocenters. The third-order valence-corrected chi connectivity index (χ3v) is 5.19. The largest absolute Gasteiger partial charge is 0.478 e. The van der Waals surface area contributed by atoms with Gasteiger partial charge in [-0.3, -0.25) is 0 Å². The molecule has 4 aliphatic carbocycles. The van der Waals surface area contributed by atoms with Crippen LogP contribution < -0.4 is 0 Å².